The van der Waals surface area contributed by atoms with Crippen LogP contribution in [0.15, 0.2) is 24.3 Å². The van der Waals surface area contributed by atoms with Crippen molar-refractivity contribution in [1.82, 2.24) is 10.6 Å². The molecule has 0 radical (unpaired) electrons. The van der Waals surface area contributed by atoms with Crippen molar-refractivity contribution in [2.75, 3.05) is 33.4 Å². The number of hydrogen-bond donors (Lipinski definition) is 2. The predicted octanol–water partition coefficient (Wildman–Crippen LogP) is 1.72. The van der Waals surface area contributed by atoms with Gasteiger partial charge in [-0.2, -0.15) is 0 Å². The van der Waals surface area contributed by atoms with Crippen LogP contribution in [0.25, 0.3) is 0 Å². The van der Waals surface area contributed by atoms with Crippen LogP contribution >= 0.6 is 0 Å². The molecule has 1 aromatic rings. The predicted molar refractivity (Wildman–Crippen MR) is 85.9 cm³/mol. The molecular weight excluding hydrogens is 280 g/mol. The van der Waals surface area contributed by atoms with Crippen molar-refractivity contribution in [2.24, 2.45) is 5.92 Å². The first-order chi connectivity index (χ1) is 10.8. The molecule has 1 aliphatic rings. The number of hydrogen-bond acceptors (Lipinski definition) is 4. The lowest BCUT2D eigenvalue weighted by molar-refractivity contribution is -0.121. The Bertz CT molecular complexity index is 442. The van der Waals surface area contributed by atoms with Gasteiger partial charge in [-0.15, -0.1) is 0 Å². The van der Waals surface area contributed by atoms with Crippen molar-refractivity contribution in [3.63, 3.8) is 0 Å². The van der Waals surface area contributed by atoms with E-state index in [-0.39, 0.29) is 5.91 Å². The minimum absolute atomic E-state index is 0.132. The molecule has 122 valence electrons. The summed E-state index contributed by atoms with van der Waals surface area (Å²) in [5, 5.41) is 6.30. The Hall–Kier alpha value is -1.59. The number of rotatable bonds is 9. The number of carbonyl (C=O) groups excluding carboxylic acids is 1. The number of amides is 1. The van der Waals surface area contributed by atoms with Gasteiger partial charge < -0.3 is 20.1 Å². The second-order valence-corrected chi connectivity index (χ2v) is 5.66. The Morgan fingerprint density at radius 1 is 1.32 bits per heavy atom. The van der Waals surface area contributed by atoms with E-state index in [1.54, 1.807) is 7.11 Å². The number of methoxy groups -OCH3 is 1. The molecule has 1 atom stereocenters. The fourth-order valence-corrected chi connectivity index (χ4v) is 2.53. The second-order valence-electron chi connectivity index (χ2n) is 5.66. The monoisotopic (exact) mass is 306 g/mol. The van der Waals surface area contributed by atoms with Crippen LogP contribution in [0.3, 0.4) is 0 Å². The number of benzene rings is 1. The summed E-state index contributed by atoms with van der Waals surface area (Å²) in [4.78, 5) is 11.8. The fraction of sp³-hybridized carbons (Fsp3) is 0.588. The van der Waals surface area contributed by atoms with Gasteiger partial charge >= 0.3 is 0 Å². The third-order valence-corrected chi connectivity index (χ3v) is 3.91. The fourth-order valence-electron chi connectivity index (χ4n) is 2.53. The summed E-state index contributed by atoms with van der Waals surface area (Å²) in [6, 6.07) is 7.79. The van der Waals surface area contributed by atoms with Gasteiger partial charge in [0.05, 0.1) is 6.61 Å². The molecule has 22 heavy (non-hydrogen) atoms. The highest BCUT2D eigenvalue weighted by Gasteiger charge is 2.15. The van der Waals surface area contributed by atoms with E-state index in [9.17, 15) is 4.79 Å². The van der Waals surface area contributed by atoms with Crippen LogP contribution in [-0.4, -0.2) is 39.3 Å². The van der Waals surface area contributed by atoms with Crippen LogP contribution in [0.1, 0.15) is 24.8 Å². The molecule has 0 spiro atoms. The quantitative estimate of drug-likeness (QED) is 0.682. The Morgan fingerprint density at radius 3 is 2.82 bits per heavy atom. The molecule has 0 saturated carbocycles. The number of carbonyl (C=O) groups is 1. The maximum atomic E-state index is 11.8. The van der Waals surface area contributed by atoms with E-state index in [0.717, 1.165) is 30.8 Å². The Morgan fingerprint density at radius 2 is 2.14 bits per heavy atom. The van der Waals surface area contributed by atoms with Crippen molar-refractivity contribution in [2.45, 2.75) is 25.8 Å². The summed E-state index contributed by atoms with van der Waals surface area (Å²) in [7, 11) is 1.65. The highest BCUT2D eigenvalue weighted by molar-refractivity contribution is 5.75. The zero-order valence-corrected chi connectivity index (χ0v) is 13.3. The largest absolute Gasteiger partial charge is 0.491 e. The highest BCUT2D eigenvalue weighted by atomic mass is 16.5. The highest BCUT2D eigenvalue weighted by Crippen LogP contribution is 2.14. The lowest BCUT2D eigenvalue weighted by atomic mass is 10.0. The van der Waals surface area contributed by atoms with E-state index >= 15 is 0 Å². The van der Waals surface area contributed by atoms with Crippen molar-refractivity contribution in [3.8, 4) is 5.75 Å². The molecule has 1 unspecified atom stereocenters. The van der Waals surface area contributed by atoms with Crippen molar-refractivity contribution in [3.05, 3.63) is 29.8 Å². The van der Waals surface area contributed by atoms with Gasteiger partial charge in [0.2, 0.25) is 5.91 Å². The lowest BCUT2D eigenvalue weighted by Crippen LogP contribution is -2.23. The maximum absolute atomic E-state index is 11.8. The molecule has 0 aliphatic carbocycles. The smallest absolute Gasteiger partial charge is 0.220 e. The molecule has 5 nitrogen and oxygen atoms in total. The zero-order valence-electron chi connectivity index (χ0n) is 13.3. The first-order valence-corrected chi connectivity index (χ1v) is 7.96. The van der Waals surface area contributed by atoms with Crippen LogP contribution in [0, 0.1) is 5.92 Å². The topological polar surface area (TPSA) is 59.6 Å². The van der Waals surface area contributed by atoms with Crippen LogP contribution < -0.4 is 15.4 Å². The molecular formula is C17H26N2O3. The molecule has 1 amide bonds. The standard InChI is InChI=1S/C17H26N2O3/c1-21-10-11-22-16-5-2-14(3-6-16)13-19-17(20)7-4-15-8-9-18-12-15/h2-3,5-6,15,18H,4,7-13H2,1H3,(H,19,20). The van der Waals surface area contributed by atoms with Crippen LogP contribution in [0.5, 0.6) is 5.75 Å². The van der Waals surface area contributed by atoms with Gasteiger partial charge in [-0.3, -0.25) is 4.79 Å². The van der Waals surface area contributed by atoms with Crippen molar-refractivity contribution < 1.29 is 14.3 Å². The Balaban J connectivity index is 1.64. The summed E-state index contributed by atoms with van der Waals surface area (Å²) >= 11 is 0. The summed E-state index contributed by atoms with van der Waals surface area (Å²) < 4.78 is 10.4. The second kappa shape index (κ2) is 9.43. The van der Waals surface area contributed by atoms with Crippen LogP contribution in [0.4, 0.5) is 0 Å². The van der Waals surface area contributed by atoms with Crippen LogP contribution in [-0.2, 0) is 16.1 Å². The van der Waals surface area contributed by atoms with Gasteiger partial charge in [0.25, 0.3) is 0 Å². The molecule has 5 heteroatoms. The average Bonchev–Trinajstić information content (AvgIpc) is 3.06. The average molecular weight is 306 g/mol. The van der Waals surface area contributed by atoms with E-state index in [1.165, 1.54) is 6.42 Å². The normalized spacial score (nSPS) is 17.4. The lowest BCUT2D eigenvalue weighted by Gasteiger charge is -2.09. The maximum Gasteiger partial charge on any atom is 0.220 e. The molecule has 1 saturated heterocycles. The van der Waals surface area contributed by atoms with Crippen LogP contribution in [0.2, 0.25) is 0 Å². The SMILES string of the molecule is COCCOc1ccc(CNC(=O)CCC2CCNC2)cc1. The Kier molecular flexibility index (Phi) is 7.19. The summed E-state index contributed by atoms with van der Waals surface area (Å²) in [6.45, 7) is 3.83. The minimum atomic E-state index is 0.132. The van der Waals surface area contributed by atoms with E-state index in [1.807, 2.05) is 24.3 Å². The van der Waals surface area contributed by atoms with Gasteiger partial charge in [-0.05, 0) is 49.5 Å². The van der Waals surface area contributed by atoms with E-state index in [0.29, 0.717) is 32.1 Å². The third kappa shape index (κ3) is 6.03. The summed E-state index contributed by atoms with van der Waals surface area (Å²) in [5.41, 5.74) is 1.08. The number of nitrogens with one attached hydrogen (secondary N) is 2. The van der Waals surface area contributed by atoms with Gasteiger partial charge in [0.1, 0.15) is 12.4 Å². The molecule has 2 N–H and O–H groups in total. The molecule has 1 heterocycles. The van der Waals surface area contributed by atoms with Crippen molar-refractivity contribution in [1.29, 1.82) is 0 Å². The van der Waals surface area contributed by atoms with E-state index in [4.69, 9.17) is 9.47 Å². The van der Waals surface area contributed by atoms with E-state index < -0.39 is 0 Å². The Labute approximate surface area is 132 Å². The van der Waals surface area contributed by atoms with Crippen molar-refractivity contribution >= 4 is 5.91 Å². The number of ether oxygens (including phenoxy) is 2. The summed E-state index contributed by atoms with van der Waals surface area (Å²) in [6.07, 6.45) is 2.79. The van der Waals surface area contributed by atoms with E-state index in [2.05, 4.69) is 10.6 Å². The van der Waals surface area contributed by atoms with Gasteiger partial charge in [0, 0.05) is 20.1 Å². The molecule has 1 aliphatic heterocycles. The van der Waals surface area contributed by atoms with Gasteiger partial charge in [-0.25, -0.2) is 0 Å². The van der Waals surface area contributed by atoms with Gasteiger partial charge in [-0.1, -0.05) is 12.1 Å². The molecule has 1 aromatic carbocycles. The van der Waals surface area contributed by atoms with Gasteiger partial charge in [0.15, 0.2) is 0 Å². The first-order valence-electron chi connectivity index (χ1n) is 7.96. The molecule has 0 aromatic heterocycles. The molecule has 1 fully saturated rings. The molecule has 0 bridgehead atoms. The third-order valence-electron chi connectivity index (χ3n) is 3.91. The zero-order chi connectivity index (χ0) is 15.6. The minimum Gasteiger partial charge on any atom is -0.491 e. The molecule has 2 rings (SSSR count). The first kappa shape index (κ1) is 16.8. The summed E-state index contributed by atoms with van der Waals surface area (Å²) in [5.74, 6) is 1.61.